The van der Waals surface area contributed by atoms with Crippen LogP contribution in [0.25, 0.3) is 0 Å². The van der Waals surface area contributed by atoms with Crippen molar-refractivity contribution in [1.82, 2.24) is 0 Å². The summed E-state index contributed by atoms with van der Waals surface area (Å²) in [6, 6.07) is 5.43. The molecule has 4 heteroatoms. The van der Waals surface area contributed by atoms with Gasteiger partial charge in [0, 0.05) is 6.42 Å². The van der Waals surface area contributed by atoms with Gasteiger partial charge in [-0.05, 0) is 45.7 Å². The number of benzene rings is 1. The fourth-order valence-electron chi connectivity index (χ4n) is 2.25. The quantitative estimate of drug-likeness (QED) is 0.772. The number of rotatable bonds is 5. The van der Waals surface area contributed by atoms with E-state index in [2.05, 4.69) is 0 Å². The van der Waals surface area contributed by atoms with Crippen molar-refractivity contribution in [3.8, 4) is 11.5 Å². The van der Waals surface area contributed by atoms with Gasteiger partial charge in [-0.25, -0.2) is 0 Å². The topological polar surface area (TPSA) is 44.8 Å². The van der Waals surface area contributed by atoms with Gasteiger partial charge in [-0.15, -0.1) is 0 Å². The third kappa shape index (κ3) is 3.73. The van der Waals surface area contributed by atoms with E-state index < -0.39 is 0 Å². The first-order chi connectivity index (χ1) is 9.58. The zero-order valence-corrected chi connectivity index (χ0v) is 12.3. The minimum Gasteiger partial charge on any atom is -0.490 e. The van der Waals surface area contributed by atoms with E-state index in [9.17, 15) is 4.79 Å². The van der Waals surface area contributed by atoms with Crippen LogP contribution < -0.4 is 9.47 Å². The molecular weight excluding hydrogens is 256 g/mol. The summed E-state index contributed by atoms with van der Waals surface area (Å²) in [4.78, 5) is 11.9. The van der Waals surface area contributed by atoms with E-state index in [1.165, 1.54) is 6.92 Å². The van der Waals surface area contributed by atoms with Crippen molar-refractivity contribution in [2.24, 2.45) is 0 Å². The average Bonchev–Trinajstić information content (AvgIpc) is 2.39. The van der Waals surface area contributed by atoms with E-state index in [0.29, 0.717) is 23.7 Å². The molecule has 0 amide bonds. The molecule has 0 N–H and O–H groups in total. The number of Topliss-reactive ketones (excluding diaryl/α,β-unsaturated/α-hetero) is 1. The predicted octanol–water partition coefficient (Wildman–Crippen LogP) is 3.58. The Morgan fingerprint density at radius 2 is 2.05 bits per heavy atom. The lowest BCUT2D eigenvalue weighted by atomic mass is 10.1. The van der Waals surface area contributed by atoms with Crippen molar-refractivity contribution in [2.45, 2.75) is 52.4 Å². The maximum Gasteiger partial charge on any atom is 0.199 e. The highest BCUT2D eigenvalue weighted by Gasteiger charge is 2.21. The fourth-order valence-corrected chi connectivity index (χ4v) is 2.25. The number of hydrogen-bond donors (Lipinski definition) is 0. The largest absolute Gasteiger partial charge is 0.490 e. The van der Waals surface area contributed by atoms with Crippen LogP contribution in [0.2, 0.25) is 0 Å². The molecule has 0 aromatic heterocycles. The van der Waals surface area contributed by atoms with Gasteiger partial charge in [-0.2, -0.15) is 0 Å². The highest BCUT2D eigenvalue weighted by Crippen LogP contribution is 2.31. The third-order valence-corrected chi connectivity index (χ3v) is 3.10. The summed E-state index contributed by atoms with van der Waals surface area (Å²) in [5.74, 6) is 1.05. The number of hydrogen-bond acceptors (Lipinski definition) is 4. The normalized spacial score (nSPS) is 18.9. The van der Waals surface area contributed by atoms with Gasteiger partial charge in [-0.1, -0.05) is 6.07 Å². The smallest absolute Gasteiger partial charge is 0.199 e. The van der Waals surface area contributed by atoms with Gasteiger partial charge in [0.15, 0.2) is 12.1 Å². The minimum absolute atomic E-state index is 0.00859. The molecule has 1 saturated heterocycles. The van der Waals surface area contributed by atoms with Crippen LogP contribution in [0, 0.1) is 0 Å². The van der Waals surface area contributed by atoms with E-state index >= 15 is 0 Å². The van der Waals surface area contributed by atoms with Crippen molar-refractivity contribution in [3.05, 3.63) is 23.8 Å². The summed E-state index contributed by atoms with van der Waals surface area (Å²) in [6.07, 6.45) is 2.75. The van der Waals surface area contributed by atoms with Crippen LogP contribution in [0.3, 0.4) is 0 Å². The minimum atomic E-state index is -0.267. The maximum atomic E-state index is 11.9. The summed E-state index contributed by atoms with van der Waals surface area (Å²) < 4.78 is 17.1. The molecule has 0 bridgehead atoms. The molecule has 1 heterocycles. The van der Waals surface area contributed by atoms with E-state index in [-0.39, 0.29) is 18.2 Å². The monoisotopic (exact) mass is 278 g/mol. The Balaban J connectivity index is 2.24. The van der Waals surface area contributed by atoms with E-state index in [1.807, 2.05) is 19.9 Å². The fraction of sp³-hybridized carbons (Fsp3) is 0.562. The third-order valence-electron chi connectivity index (χ3n) is 3.10. The summed E-state index contributed by atoms with van der Waals surface area (Å²) >= 11 is 0. The zero-order chi connectivity index (χ0) is 14.5. The van der Waals surface area contributed by atoms with Crippen molar-refractivity contribution in [2.75, 3.05) is 6.61 Å². The van der Waals surface area contributed by atoms with Gasteiger partial charge in [-0.3, -0.25) is 4.79 Å². The molecule has 1 unspecified atom stereocenters. The number of carbonyl (C=O) groups is 1. The Morgan fingerprint density at radius 1 is 1.30 bits per heavy atom. The Hall–Kier alpha value is -1.55. The van der Waals surface area contributed by atoms with Crippen LogP contribution in [-0.2, 0) is 4.74 Å². The Labute approximate surface area is 120 Å². The molecule has 0 spiro atoms. The second-order valence-corrected chi connectivity index (χ2v) is 5.27. The van der Waals surface area contributed by atoms with Crippen LogP contribution >= 0.6 is 0 Å². The molecule has 1 aromatic carbocycles. The molecule has 20 heavy (non-hydrogen) atoms. The van der Waals surface area contributed by atoms with E-state index in [4.69, 9.17) is 14.2 Å². The Kier molecular flexibility index (Phi) is 5.01. The SMILES string of the molecule is CC(=O)c1c(OC(C)C)cccc1OC1CCCCO1. The number of ether oxygens (including phenoxy) is 3. The average molecular weight is 278 g/mol. The highest BCUT2D eigenvalue weighted by molar-refractivity contribution is 5.99. The zero-order valence-electron chi connectivity index (χ0n) is 12.3. The van der Waals surface area contributed by atoms with Gasteiger partial charge in [0.1, 0.15) is 17.1 Å². The predicted molar refractivity (Wildman–Crippen MR) is 76.4 cm³/mol. The van der Waals surface area contributed by atoms with Gasteiger partial charge in [0.05, 0.1) is 12.7 Å². The second kappa shape index (κ2) is 6.75. The molecule has 0 saturated carbocycles. The Morgan fingerprint density at radius 3 is 2.65 bits per heavy atom. The van der Waals surface area contributed by atoms with Crippen LogP contribution in [0.1, 0.15) is 50.4 Å². The van der Waals surface area contributed by atoms with E-state index in [1.54, 1.807) is 12.1 Å². The van der Waals surface area contributed by atoms with Crippen LogP contribution in [0.15, 0.2) is 18.2 Å². The lowest BCUT2D eigenvalue weighted by Gasteiger charge is -2.25. The Bertz CT molecular complexity index is 462. The molecule has 1 aliphatic rings. The number of carbonyl (C=O) groups excluding carboxylic acids is 1. The first-order valence-corrected chi connectivity index (χ1v) is 7.17. The lowest BCUT2D eigenvalue weighted by Crippen LogP contribution is -2.25. The van der Waals surface area contributed by atoms with Gasteiger partial charge in [0.2, 0.25) is 0 Å². The molecule has 0 aliphatic carbocycles. The second-order valence-electron chi connectivity index (χ2n) is 5.27. The summed E-state index contributed by atoms with van der Waals surface area (Å²) in [5, 5.41) is 0. The standard InChI is InChI=1S/C16H22O4/c1-11(2)19-13-7-6-8-14(16(13)12(3)17)20-15-9-4-5-10-18-15/h6-8,11,15H,4-5,9-10H2,1-3H3. The van der Waals surface area contributed by atoms with Gasteiger partial charge < -0.3 is 14.2 Å². The lowest BCUT2D eigenvalue weighted by molar-refractivity contribution is -0.106. The molecule has 2 rings (SSSR count). The number of ketones is 1. The molecule has 4 nitrogen and oxygen atoms in total. The molecule has 1 aromatic rings. The van der Waals surface area contributed by atoms with Crippen LogP contribution in [0.5, 0.6) is 11.5 Å². The van der Waals surface area contributed by atoms with Gasteiger partial charge in [0.25, 0.3) is 0 Å². The van der Waals surface area contributed by atoms with Crippen molar-refractivity contribution < 1.29 is 19.0 Å². The molecule has 1 fully saturated rings. The summed E-state index contributed by atoms with van der Waals surface area (Å²) in [7, 11) is 0. The maximum absolute atomic E-state index is 11.9. The van der Waals surface area contributed by atoms with Crippen molar-refractivity contribution in [3.63, 3.8) is 0 Å². The molecule has 110 valence electrons. The van der Waals surface area contributed by atoms with Crippen LogP contribution in [-0.4, -0.2) is 24.8 Å². The molecular formula is C16H22O4. The highest BCUT2D eigenvalue weighted by atomic mass is 16.7. The molecule has 1 aliphatic heterocycles. The van der Waals surface area contributed by atoms with Crippen molar-refractivity contribution >= 4 is 5.78 Å². The molecule has 1 atom stereocenters. The summed E-state index contributed by atoms with van der Waals surface area (Å²) in [5.41, 5.74) is 0.496. The van der Waals surface area contributed by atoms with Crippen LogP contribution in [0.4, 0.5) is 0 Å². The summed E-state index contributed by atoms with van der Waals surface area (Å²) in [6.45, 7) is 6.10. The first-order valence-electron chi connectivity index (χ1n) is 7.17. The van der Waals surface area contributed by atoms with Crippen molar-refractivity contribution in [1.29, 1.82) is 0 Å². The first kappa shape index (κ1) is 14.9. The molecule has 0 radical (unpaired) electrons. The van der Waals surface area contributed by atoms with Gasteiger partial charge >= 0.3 is 0 Å². The van der Waals surface area contributed by atoms with E-state index in [0.717, 1.165) is 19.3 Å².